The number of para-hydroxylation sites is 4. The van der Waals surface area contributed by atoms with Crippen molar-refractivity contribution >= 4 is 55.1 Å². The van der Waals surface area contributed by atoms with Crippen LogP contribution in [0.15, 0.2) is 198 Å². The minimum Gasteiger partial charge on any atom is -0.310 e. The van der Waals surface area contributed by atoms with Crippen LogP contribution in [0.2, 0.25) is 0 Å². The van der Waals surface area contributed by atoms with Crippen molar-refractivity contribution in [1.82, 2.24) is 4.98 Å². The fourth-order valence-electron chi connectivity index (χ4n) is 7.41. The fraction of sp³-hybridized carbons (Fsp3) is 0.0426. The Balaban J connectivity index is 1.16. The Bertz CT molecular complexity index is 2410. The number of benzene rings is 7. The van der Waals surface area contributed by atoms with E-state index in [1.54, 1.807) is 0 Å². The third-order valence-corrected chi connectivity index (χ3v) is 12.8. The number of hydrogen-bond donors (Lipinski definition) is 0. The summed E-state index contributed by atoms with van der Waals surface area (Å²) in [6.07, 6.45) is 4.81. The number of fused-ring (bicyclic) bond motifs is 3. The van der Waals surface area contributed by atoms with E-state index in [9.17, 15) is 0 Å². The van der Waals surface area contributed by atoms with Crippen molar-refractivity contribution in [2.75, 3.05) is 22.3 Å². The summed E-state index contributed by atoms with van der Waals surface area (Å²) in [6, 6.07) is 67.3. The maximum Gasteiger partial charge on any atom is 0.0717 e. The van der Waals surface area contributed by atoms with Crippen molar-refractivity contribution in [1.29, 1.82) is 0 Å². The van der Waals surface area contributed by atoms with Crippen LogP contribution >= 0.6 is 10.0 Å². The first-order valence-electron chi connectivity index (χ1n) is 17.3. The minimum atomic E-state index is -1.14. The number of aromatic nitrogens is 1. The zero-order chi connectivity index (χ0) is 34.4. The summed E-state index contributed by atoms with van der Waals surface area (Å²) < 4.78 is 0. The van der Waals surface area contributed by atoms with Crippen LogP contribution < -0.4 is 9.80 Å². The normalized spacial score (nSPS) is 13.6. The predicted molar refractivity (Wildman–Crippen MR) is 218 cm³/mol. The molecule has 0 radical (unpaired) electrons. The standard InChI is InChI=1S/C47H37N3S/c1-51(2)46-24-14-12-22-44(46)50(45-23-13-15-25-47(45)51)38-28-26-35(27-29-38)43-33-40(34-16-6-3-7-17-34)41-32-39(30-31-42(41)48-43)49(36-18-8-4-9-19-36)37-20-10-5-11-21-37/h3-33H,1-2H3. The molecule has 4 heteroatoms. The third-order valence-electron chi connectivity index (χ3n) is 9.90. The van der Waals surface area contributed by atoms with Crippen LogP contribution in [0.3, 0.4) is 0 Å². The molecule has 0 aliphatic carbocycles. The first-order valence-corrected chi connectivity index (χ1v) is 19.7. The van der Waals surface area contributed by atoms with Gasteiger partial charge in [-0.2, -0.15) is 10.0 Å². The highest BCUT2D eigenvalue weighted by Crippen LogP contribution is 2.67. The van der Waals surface area contributed by atoms with Crippen molar-refractivity contribution < 1.29 is 0 Å². The average Bonchev–Trinajstić information content (AvgIpc) is 3.19. The molecular formula is C47H37N3S. The van der Waals surface area contributed by atoms with Crippen LogP contribution in [-0.4, -0.2) is 17.5 Å². The average molecular weight is 676 g/mol. The molecule has 0 saturated carbocycles. The summed E-state index contributed by atoms with van der Waals surface area (Å²) >= 11 is 0. The van der Waals surface area contributed by atoms with Gasteiger partial charge in [0.15, 0.2) is 0 Å². The molecule has 9 rings (SSSR count). The quantitative estimate of drug-likeness (QED) is 0.175. The Morgan fingerprint density at radius 2 is 1.00 bits per heavy atom. The zero-order valence-electron chi connectivity index (χ0n) is 28.6. The van der Waals surface area contributed by atoms with Crippen LogP contribution in [0.1, 0.15) is 0 Å². The van der Waals surface area contributed by atoms with E-state index in [2.05, 4.69) is 210 Å². The largest absolute Gasteiger partial charge is 0.310 e. The van der Waals surface area contributed by atoms with Crippen molar-refractivity contribution in [2.45, 2.75) is 9.79 Å². The van der Waals surface area contributed by atoms with E-state index in [-0.39, 0.29) is 0 Å². The lowest BCUT2D eigenvalue weighted by molar-refractivity contribution is 1.15. The molecule has 0 saturated heterocycles. The summed E-state index contributed by atoms with van der Waals surface area (Å²) in [5, 5.41) is 1.11. The molecule has 3 nitrogen and oxygen atoms in total. The van der Waals surface area contributed by atoms with Crippen LogP contribution in [0.5, 0.6) is 0 Å². The Kier molecular flexibility index (Phi) is 7.67. The molecule has 1 aliphatic rings. The van der Waals surface area contributed by atoms with Gasteiger partial charge in [0.05, 0.1) is 22.6 Å². The van der Waals surface area contributed by atoms with Gasteiger partial charge in [-0.3, -0.25) is 0 Å². The highest BCUT2D eigenvalue weighted by molar-refractivity contribution is 8.33. The van der Waals surface area contributed by atoms with E-state index in [1.165, 1.54) is 21.2 Å². The molecule has 0 atom stereocenters. The predicted octanol–water partition coefficient (Wildman–Crippen LogP) is 13.3. The molecule has 51 heavy (non-hydrogen) atoms. The Labute approximate surface area is 301 Å². The Morgan fingerprint density at radius 1 is 0.471 bits per heavy atom. The molecule has 1 aromatic heterocycles. The van der Waals surface area contributed by atoms with Crippen molar-refractivity contribution in [3.8, 4) is 22.4 Å². The van der Waals surface area contributed by atoms with E-state index in [1.807, 2.05) is 0 Å². The molecule has 0 amide bonds. The van der Waals surface area contributed by atoms with Gasteiger partial charge in [0.25, 0.3) is 0 Å². The first kappa shape index (κ1) is 30.9. The fourth-order valence-corrected chi connectivity index (χ4v) is 9.85. The van der Waals surface area contributed by atoms with E-state index < -0.39 is 10.0 Å². The molecule has 0 N–H and O–H groups in total. The monoisotopic (exact) mass is 675 g/mol. The summed E-state index contributed by atoms with van der Waals surface area (Å²) in [5.74, 6) is 0. The number of nitrogens with zero attached hydrogens (tertiary/aromatic N) is 3. The smallest absolute Gasteiger partial charge is 0.0717 e. The highest BCUT2D eigenvalue weighted by atomic mass is 32.3. The van der Waals surface area contributed by atoms with Gasteiger partial charge in [0.1, 0.15) is 0 Å². The Hall–Kier alpha value is -6.10. The van der Waals surface area contributed by atoms with Crippen LogP contribution in [0.4, 0.5) is 34.1 Å². The minimum absolute atomic E-state index is 0.952. The maximum absolute atomic E-state index is 5.28. The molecule has 8 aromatic rings. The summed E-state index contributed by atoms with van der Waals surface area (Å²) in [7, 11) is -1.14. The second-order valence-electron chi connectivity index (χ2n) is 13.3. The molecule has 0 bridgehead atoms. The van der Waals surface area contributed by atoms with E-state index in [0.717, 1.165) is 56.0 Å². The second kappa shape index (κ2) is 12.7. The second-order valence-corrected chi connectivity index (χ2v) is 16.8. The molecule has 2 heterocycles. The lowest BCUT2D eigenvalue weighted by Gasteiger charge is -2.45. The van der Waals surface area contributed by atoms with Gasteiger partial charge >= 0.3 is 0 Å². The SMILES string of the molecule is CS1(C)c2ccccc2N(c2ccc(-c3cc(-c4ccccc4)c4cc(N(c5ccccc5)c5ccccc5)ccc4n3)cc2)c2ccccc21. The molecule has 0 fully saturated rings. The van der Waals surface area contributed by atoms with Crippen molar-refractivity contribution in [3.05, 3.63) is 188 Å². The summed E-state index contributed by atoms with van der Waals surface area (Å²) in [4.78, 5) is 12.8. The van der Waals surface area contributed by atoms with Gasteiger partial charge < -0.3 is 9.80 Å². The van der Waals surface area contributed by atoms with Gasteiger partial charge in [-0.25, -0.2) is 4.98 Å². The van der Waals surface area contributed by atoms with E-state index in [4.69, 9.17) is 4.98 Å². The summed E-state index contributed by atoms with van der Waals surface area (Å²) in [5.41, 5.74) is 12.3. The van der Waals surface area contributed by atoms with Gasteiger partial charge in [-0.1, -0.05) is 103 Å². The number of hydrogen-bond acceptors (Lipinski definition) is 3. The van der Waals surface area contributed by atoms with Gasteiger partial charge in [-0.15, -0.1) is 0 Å². The van der Waals surface area contributed by atoms with E-state index in [0.29, 0.717) is 0 Å². The topological polar surface area (TPSA) is 19.4 Å². The molecule has 246 valence electrons. The molecular weight excluding hydrogens is 639 g/mol. The van der Waals surface area contributed by atoms with Crippen LogP contribution in [0, 0.1) is 0 Å². The van der Waals surface area contributed by atoms with Crippen LogP contribution in [-0.2, 0) is 0 Å². The highest BCUT2D eigenvalue weighted by Gasteiger charge is 2.33. The third kappa shape index (κ3) is 5.45. The number of anilines is 6. The number of rotatable bonds is 6. The first-order chi connectivity index (χ1) is 25.1. The number of pyridine rings is 1. The van der Waals surface area contributed by atoms with Crippen molar-refractivity contribution in [3.63, 3.8) is 0 Å². The zero-order valence-corrected chi connectivity index (χ0v) is 29.5. The van der Waals surface area contributed by atoms with Gasteiger partial charge in [0.2, 0.25) is 0 Å². The van der Waals surface area contributed by atoms with E-state index >= 15 is 0 Å². The lowest BCUT2D eigenvalue weighted by Crippen LogP contribution is -2.19. The van der Waals surface area contributed by atoms with Gasteiger partial charge in [-0.05, 0) is 109 Å². The van der Waals surface area contributed by atoms with Gasteiger partial charge in [0, 0.05) is 43.5 Å². The maximum atomic E-state index is 5.28. The molecule has 0 unspecified atom stereocenters. The molecule has 0 spiro atoms. The molecule has 1 aliphatic heterocycles. The lowest BCUT2D eigenvalue weighted by atomic mass is 9.97. The van der Waals surface area contributed by atoms with Crippen LogP contribution in [0.25, 0.3) is 33.3 Å². The summed E-state index contributed by atoms with van der Waals surface area (Å²) in [6.45, 7) is 0. The molecule has 7 aromatic carbocycles. The Morgan fingerprint density at radius 3 is 1.59 bits per heavy atom. The van der Waals surface area contributed by atoms with Crippen molar-refractivity contribution in [2.24, 2.45) is 0 Å².